The van der Waals surface area contributed by atoms with E-state index in [0.717, 1.165) is 64.8 Å². The SMILES string of the molecule is C[C@H](O)CN1CCC2(CC1)CC(=O)N(CCCc1ccccc1)C2. The average molecular weight is 330 g/mol. The predicted molar refractivity (Wildman–Crippen MR) is 95.7 cm³/mol. The summed E-state index contributed by atoms with van der Waals surface area (Å²) in [5.41, 5.74) is 1.55. The van der Waals surface area contributed by atoms with Gasteiger partial charge in [-0.3, -0.25) is 4.79 Å². The van der Waals surface area contributed by atoms with Crippen molar-refractivity contribution >= 4 is 5.91 Å². The molecule has 0 radical (unpaired) electrons. The summed E-state index contributed by atoms with van der Waals surface area (Å²) in [6.45, 7) is 6.44. The predicted octanol–water partition coefficient (Wildman–Crippen LogP) is 2.31. The number of aliphatic hydroxyl groups excluding tert-OH is 1. The van der Waals surface area contributed by atoms with Gasteiger partial charge in [-0.05, 0) is 56.7 Å². The van der Waals surface area contributed by atoms with Crippen LogP contribution in [-0.4, -0.2) is 59.6 Å². The first-order valence-electron chi connectivity index (χ1n) is 9.28. The molecule has 2 aliphatic heterocycles. The number of hydrogen-bond acceptors (Lipinski definition) is 3. The van der Waals surface area contributed by atoms with Crippen molar-refractivity contribution in [3.8, 4) is 0 Å². The number of amides is 1. The van der Waals surface area contributed by atoms with Crippen LogP contribution in [0.25, 0.3) is 0 Å². The molecule has 24 heavy (non-hydrogen) atoms. The lowest BCUT2D eigenvalue weighted by Crippen LogP contribution is -2.43. The first kappa shape index (κ1) is 17.4. The minimum atomic E-state index is -0.265. The van der Waals surface area contributed by atoms with Gasteiger partial charge in [0.05, 0.1) is 6.10 Å². The molecule has 4 nitrogen and oxygen atoms in total. The number of piperidine rings is 1. The number of carbonyl (C=O) groups is 1. The van der Waals surface area contributed by atoms with Gasteiger partial charge in [-0.2, -0.15) is 0 Å². The Morgan fingerprint density at radius 2 is 1.92 bits per heavy atom. The molecule has 1 N–H and O–H groups in total. The van der Waals surface area contributed by atoms with Crippen LogP contribution in [0.5, 0.6) is 0 Å². The third-order valence-corrected chi connectivity index (χ3v) is 5.58. The van der Waals surface area contributed by atoms with E-state index in [1.807, 2.05) is 13.0 Å². The van der Waals surface area contributed by atoms with Crippen LogP contribution in [0.15, 0.2) is 30.3 Å². The molecule has 132 valence electrons. The van der Waals surface area contributed by atoms with Crippen molar-refractivity contribution in [1.29, 1.82) is 0 Å². The molecule has 1 atom stereocenters. The maximum absolute atomic E-state index is 12.4. The first-order chi connectivity index (χ1) is 11.6. The number of nitrogens with zero attached hydrogens (tertiary/aromatic N) is 2. The zero-order chi connectivity index (χ0) is 17.0. The fourth-order valence-corrected chi connectivity index (χ4v) is 4.22. The van der Waals surface area contributed by atoms with Gasteiger partial charge in [0.15, 0.2) is 0 Å². The summed E-state index contributed by atoms with van der Waals surface area (Å²) in [6.07, 6.45) is 4.71. The summed E-state index contributed by atoms with van der Waals surface area (Å²) >= 11 is 0. The summed E-state index contributed by atoms with van der Waals surface area (Å²) in [7, 11) is 0. The van der Waals surface area contributed by atoms with Crippen molar-refractivity contribution in [3.05, 3.63) is 35.9 Å². The van der Waals surface area contributed by atoms with Crippen molar-refractivity contribution in [2.45, 2.75) is 45.1 Å². The Kier molecular flexibility index (Phi) is 5.57. The van der Waals surface area contributed by atoms with Crippen molar-refractivity contribution in [1.82, 2.24) is 9.80 Å². The van der Waals surface area contributed by atoms with Gasteiger partial charge in [-0.25, -0.2) is 0 Å². The number of carbonyl (C=O) groups excluding carboxylic acids is 1. The average Bonchev–Trinajstić information content (AvgIpc) is 2.86. The second-order valence-electron chi connectivity index (χ2n) is 7.73. The molecule has 0 bridgehead atoms. The Morgan fingerprint density at radius 3 is 2.58 bits per heavy atom. The maximum atomic E-state index is 12.4. The van der Waals surface area contributed by atoms with E-state index < -0.39 is 0 Å². The maximum Gasteiger partial charge on any atom is 0.223 e. The monoisotopic (exact) mass is 330 g/mol. The molecule has 2 fully saturated rings. The van der Waals surface area contributed by atoms with Gasteiger partial charge in [0.2, 0.25) is 5.91 Å². The van der Waals surface area contributed by atoms with Crippen LogP contribution in [0.2, 0.25) is 0 Å². The van der Waals surface area contributed by atoms with Gasteiger partial charge in [0, 0.05) is 26.1 Å². The van der Waals surface area contributed by atoms with Crippen molar-refractivity contribution in [3.63, 3.8) is 0 Å². The van der Waals surface area contributed by atoms with Crippen LogP contribution in [0.3, 0.4) is 0 Å². The van der Waals surface area contributed by atoms with Gasteiger partial charge < -0.3 is 14.9 Å². The number of β-amino-alcohol motifs (C(OH)–C–C–N with tert-alkyl or cyclic N) is 1. The Morgan fingerprint density at radius 1 is 1.21 bits per heavy atom. The Balaban J connectivity index is 1.46. The second-order valence-corrected chi connectivity index (χ2v) is 7.73. The van der Waals surface area contributed by atoms with E-state index in [2.05, 4.69) is 34.1 Å². The van der Waals surface area contributed by atoms with Crippen molar-refractivity contribution in [2.24, 2.45) is 5.41 Å². The van der Waals surface area contributed by atoms with E-state index in [0.29, 0.717) is 5.91 Å². The molecule has 3 rings (SSSR count). The van der Waals surface area contributed by atoms with Crippen LogP contribution in [0.4, 0.5) is 0 Å². The van der Waals surface area contributed by atoms with Crippen LogP contribution in [-0.2, 0) is 11.2 Å². The lowest BCUT2D eigenvalue weighted by atomic mass is 9.77. The highest BCUT2D eigenvalue weighted by molar-refractivity contribution is 5.79. The molecular formula is C20H30N2O2. The molecule has 1 amide bonds. The summed E-state index contributed by atoms with van der Waals surface area (Å²) in [4.78, 5) is 16.8. The minimum Gasteiger partial charge on any atom is -0.392 e. The van der Waals surface area contributed by atoms with Crippen LogP contribution >= 0.6 is 0 Å². The Hall–Kier alpha value is -1.39. The van der Waals surface area contributed by atoms with Gasteiger partial charge in [-0.1, -0.05) is 30.3 Å². The molecule has 0 unspecified atom stereocenters. The summed E-state index contributed by atoms with van der Waals surface area (Å²) in [5, 5.41) is 9.53. The topological polar surface area (TPSA) is 43.8 Å². The van der Waals surface area contributed by atoms with Crippen LogP contribution < -0.4 is 0 Å². The van der Waals surface area contributed by atoms with E-state index in [4.69, 9.17) is 0 Å². The fourth-order valence-electron chi connectivity index (χ4n) is 4.22. The summed E-state index contributed by atoms with van der Waals surface area (Å²) in [5.74, 6) is 0.340. The molecule has 2 aliphatic rings. The van der Waals surface area contributed by atoms with Gasteiger partial charge in [-0.15, -0.1) is 0 Å². The third kappa shape index (κ3) is 4.37. The van der Waals surface area contributed by atoms with Crippen molar-refractivity contribution < 1.29 is 9.90 Å². The molecule has 1 aromatic rings. The van der Waals surface area contributed by atoms with E-state index in [1.165, 1.54) is 5.56 Å². The highest BCUT2D eigenvalue weighted by Crippen LogP contribution is 2.41. The minimum absolute atomic E-state index is 0.193. The molecule has 2 saturated heterocycles. The highest BCUT2D eigenvalue weighted by Gasteiger charge is 2.44. The molecule has 0 aliphatic carbocycles. The molecule has 0 saturated carbocycles. The molecule has 1 aromatic carbocycles. The zero-order valence-corrected chi connectivity index (χ0v) is 14.8. The van der Waals surface area contributed by atoms with E-state index >= 15 is 0 Å². The number of aliphatic hydroxyl groups is 1. The number of likely N-dealkylation sites (tertiary alicyclic amines) is 2. The largest absolute Gasteiger partial charge is 0.392 e. The quantitative estimate of drug-likeness (QED) is 0.870. The lowest BCUT2D eigenvalue weighted by molar-refractivity contribution is -0.127. The Bertz CT molecular complexity index is 536. The highest BCUT2D eigenvalue weighted by atomic mass is 16.3. The molecule has 1 spiro atoms. The zero-order valence-electron chi connectivity index (χ0n) is 14.8. The normalized spacial score (nSPS) is 22.2. The number of benzene rings is 1. The fraction of sp³-hybridized carbons (Fsp3) is 0.650. The first-order valence-corrected chi connectivity index (χ1v) is 9.28. The second kappa shape index (κ2) is 7.66. The smallest absolute Gasteiger partial charge is 0.223 e. The van der Waals surface area contributed by atoms with Gasteiger partial charge >= 0.3 is 0 Å². The van der Waals surface area contributed by atoms with Crippen LogP contribution in [0, 0.1) is 5.41 Å². The van der Waals surface area contributed by atoms with Crippen LogP contribution in [0.1, 0.15) is 38.2 Å². The van der Waals surface area contributed by atoms with E-state index in [1.54, 1.807) is 0 Å². The number of hydrogen-bond donors (Lipinski definition) is 1. The third-order valence-electron chi connectivity index (χ3n) is 5.58. The molecular weight excluding hydrogens is 300 g/mol. The van der Waals surface area contributed by atoms with Gasteiger partial charge in [0.25, 0.3) is 0 Å². The number of rotatable bonds is 6. The Labute approximate surface area is 145 Å². The van der Waals surface area contributed by atoms with Gasteiger partial charge in [0.1, 0.15) is 0 Å². The standard InChI is InChI=1S/C20H30N2O2/c1-17(23)15-21-12-9-20(10-13-21)14-19(24)22(16-20)11-5-8-18-6-3-2-4-7-18/h2-4,6-7,17,23H,5,8-16H2,1H3/t17-/m0/s1. The molecule has 4 heteroatoms. The van der Waals surface area contributed by atoms with Crippen molar-refractivity contribution in [2.75, 3.05) is 32.7 Å². The van der Waals surface area contributed by atoms with E-state index in [-0.39, 0.29) is 11.5 Å². The lowest BCUT2D eigenvalue weighted by Gasteiger charge is -2.39. The molecule has 2 heterocycles. The number of aryl methyl sites for hydroxylation is 1. The van der Waals surface area contributed by atoms with E-state index in [9.17, 15) is 9.90 Å². The molecule has 0 aromatic heterocycles. The summed E-state index contributed by atoms with van der Waals surface area (Å²) in [6, 6.07) is 10.5. The summed E-state index contributed by atoms with van der Waals surface area (Å²) < 4.78 is 0.